The van der Waals surface area contributed by atoms with Crippen molar-refractivity contribution in [2.24, 2.45) is 5.10 Å². The number of fused-ring (bicyclic) bond motifs is 1. The van der Waals surface area contributed by atoms with Crippen LogP contribution in [0.1, 0.15) is 16.0 Å². The fourth-order valence-corrected chi connectivity index (χ4v) is 3.51. The van der Waals surface area contributed by atoms with Crippen LogP contribution in [0.3, 0.4) is 0 Å². The van der Waals surface area contributed by atoms with Crippen LogP contribution in [-0.4, -0.2) is 33.9 Å². The predicted octanol–water partition coefficient (Wildman–Crippen LogP) is 1.94. The highest BCUT2D eigenvalue weighted by atomic mass is 32.1. The molecule has 0 atom stereocenters. The Morgan fingerprint density at radius 2 is 2.22 bits per heavy atom. The van der Waals surface area contributed by atoms with Crippen molar-refractivity contribution in [1.29, 1.82) is 0 Å². The van der Waals surface area contributed by atoms with Gasteiger partial charge in [0.25, 0.3) is 11.5 Å². The first kappa shape index (κ1) is 18.6. The summed E-state index contributed by atoms with van der Waals surface area (Å²) in [5.74, 6) is -0.137. The summed E-state index contributed by atoms with van der Waals surface area (Å²) in [6, 6.07) is 4.67. The van der Waals surface area contributed by atoms with E-state index in [0.717, 1.165) is 10.4 Å². The molecular weight excluding hydrogens is 368 g/mol. The number of hydrogen-bond acceptors (Lipinski definition) is 7. The molecule has 0 saturated heterocycles. The minimum Gasteiger partial charge on any atom is -0.504 e. The first-order valence-electron chi connectivity index (χ1n) is 8.04. The van der Waals surface area contributed by atoms with Crippen LogP contribution in [0.2, 0.25) is 0 Å². The lowest BCUT2D eigenvalue weighted by molar-refractivity contribution is -0.121. The van der Waals surface area contributed by atoms with Crippen LogP contribution < -0.4 is 15.7 Å². The average molecular weight is 386 g/mol. The van der Waals surface area contributed by atoms with Gasteiger partial charge in [-0.3, -0.25) is 14.2 Å². The molecule has 0 aliphatic rings. The summed E-state index contributed by atoms with van der Waals surface area (Å²) in [7, 11) is 1.44. The number of phenols is 1. The maximum atomic E-state index is 12.6. The maximum absolute atomic E-state index is 12.6. The number of ether oxygens (including phenoxy) is 1. The molecule has 27 heavy (non-hydrogen) atoms. The maximum Gasteiger partial charge on any atom is 0.262 e. The van der Waals surface area contributed by atoms with Crippen LogP contribution in [0.25, 0.3) is 10.2 Å². The number of phenolic OH excluding ortho intramolecular Hbond substituents is 1. The van der Waals surface area contributed by atoms with Crippen molar-refractivity contribution < 1.29 is 14.6 Å². The number of methoxy groups -OCH3 is 1. The number of amides is 1. The smallest absolute Gasteiger partial charge is 0.262 e. The lowest BCUT2D eigenvalue weighted by Gasteiger charge is -2.05. The predicted molar refractivity (Wildman–Crippen MR) is 104 cm³/mol. The second kappa shape index (κ2) is 7.58. The third kappa shape index (κ3) is 3.82. The molecule has 3 rings (SSSR count). The highest BCUT2D eigenvalue weighted by Gasteiger charge is 2.13. The molecule has 8 nitrogen and oxygen atoms in total. The Morgan fingerprint density at radius 1 is 1.44 bits per heavy atom. The van der Waals surface area contributed by atoms with E-state index < -0.39 is 5.91 Å². The summed E-state index contributed by atoms with van der Waals surface area (Å²) in [6.45, 7) is 3.62. The molecule has 140 valence electrons. The number of hydrogen-bond donors (Lipinski definition) is 2. The summed E-state index contributed by atoms with van der Waals surface area (Å²) in [5, 5.41) is 14.0. The molecule has 0 aliphatic heterocycles. The van der Waals surface area contributed by atoms with Crippen LogP contribution in [0.4, 0.5) is 0 Å². The van der Waals surface area contributed by atoms with E-state index in [2.05, 4.69) is 15.5 Å². The van der Waals surface area contributed by atoms with Gasteiger partial charge in [-0.15, -0.1) is 11.3 Å². The molecule has 2 N–H and O–H groups in total. The third-order valence-electron chi connectivity index (χ3n) is 4.08. The lowest BCUT2D eigenvalue weighted by atomic mass is 10.2. The molecule has 0 bridgehead atoms. The topological polar surface area (TPSA) is 106 Å². The highest BCUT2D eigenvalue weighted by molar-refractivity contribution is 7.18. The first-order chi connectivity index (χ1) is 12.9. The monoisotopic (exact) mass is 386 g/mol. The molecule has 0 unspecified atom stereocenters. The number of hydrazone groups is 1. The largest absolute Gasteiger partial charge is 0.504 e. The van der Waals surface area contributed by atoms with Crippen molar-refractivity contribution in [2.75, 3.05) is 7.11 Å². The molecule has 0 fully saturated rings. The van der Waals surface area contributed by atoms with Gasteiger partial charge < -0.3 is 9.84 Å². The molecule has 0 spiro atoms. The van der Waals surface area contributed by atoms with E-state index in [4.69, 9.17) is 4.74 Å². The van der Waals surface area contributed by atoms with E-state index in [0.29, 0.717) is 21.5 Å². The number of aryl methyl sites for hydroxylation is 2. The summed E-state index contributed by atoms with van der Waals surface area (Å²) in [4.78, 5) is 30.6. The number of aromatic hydroxyl groups is 1. The van der Waals surface area contributed by atoms with Crippen molar-refractivity contribution >= 4 is 33.7 Å². The third-order valence-corrected chi connectivity index (χ3v) is 5.19. The molecule has 2 aromatic heterocycles. The zero-order valence-corrected chi connectivity index (χ0v) is 15.8. The van der Waals surface area contributed by atoms with Crippen LogP contribution in [0.5, 0.6) is 11.5 Å². The van der Waals surface area contributed by atoms with E-state index >= 15 is 0 Å². The standard InChI is InChI=1S/C18H18N4O4S/c1-10-11(2)27-17-16(10)18(25)22(9-19-17)8-15(24)21-20-7-12-4-5-13(23)14(6-12)26-3/h4-7,9,23H,8H2,1-3H3,(H,21,24)/b20-7+. The van der Waals surface area contributed by atoms with Crippen LogP contribution in [-0.2, 0) is 11.3 Å². The van der Waals surface area contributed by atoms with E-state index in [9.17, 15) is 14.7 Å². The molecular formula is C18H18N4O4S. The number of thiophene rings is 1. The molecule has 9 heteroatoms. The average Bonchev–Trinajstić information content (AvgIpc) is 2.93. The number of benzene rings is 1. The number of carbonyl (C=O) groups is 1. The summed E-state index contributed by atoms with van der Waals surface area (Å²) in [6.07, 6.45) is 2.78. The van der Waals surface area contributed by atoms with Gasteiger partial charge in [0.1, 0.15) is 11.4 Å². The Kier molecular flexibility index (Phi) is 5.22. The minimum atomic E-state index is -0.454. The van der Waals surface area contributed by atoms with Gasteiger partial charge in [0.2, 0.25) is 0 Å². The van der Waals surface area contributed by atoms with Gasteiger partial charge in [-0.1, -0.05) is 0 Å². The normalized spacial score (nSPS) is 11.2. The Bertz CT molecular complexity index is 1100. The minimum absolute atomic E-state index is 0.0138. The van der Waals surface area contributed by atoms with E-state index in [-0.39, 0.29) is 17.9 Å². The van der Waals surface area contributed by atoms with Crippen molar-refractivity contribution in [3.8, 4) is 11.5 Å². The Morgan fingerprint density at radius 3 is 2.96 bits per heavy atom. The Labute approximate surface area is 158 Å². The van der Waals surface area contributed by atoms with Gasteiger partial charge in [0.15, 0.2) is 11.5 Å². The molecule has 2 heterocycles. The number of nitrogens with zero attached hydrogens (tertiary/aromatic N) is 3. The second-order valence-electron chi connectivity index (χ2n) is 5.87. The van der Waals surface area contributed by atoms with Crippen LogP contribution in [0, 0.1) is 13.8 Å². The van der Waals surface area contributed by atoms with Gasteiger partial charge in [-0.05, 0) is 43.2 Å². The fourth-order valence-electron chi connectivity index (χ4n) is 2.53. The van der Waals surface area contributed by atoms with Crippen molar-refractivity contribution in [3.63, 3.8) is 0 Å². The number of rotatable bonds is 5. The molecule has 3 aromatic rings. The van der Waals surface area contributed by atoms with Crippen LogP contribution in [0.15, 0.2) is 34.4 Å². The SMILES string of the molecule is COc1cc(/C=N/NC(=O)Cn2cnc3sc(C)c(C)c3c2=O)ccc1O. The van der Waals surface area contributed by atoms with Gasteiger partial charge in [-0.2, -0.15) is 5.10 Å². The van der Waals surface area contributed by atoms with Gasteiger partial charge >= 0.3 is 0 Å². The number of carbonyl (C=O) groups excluding carboxylic acids is 1. The fraction of sp³-hybridized carbons (Fsp3) is 0.222. The van der Waals surface area contributed by atoms with Gasteiger partial charge in [-0.25, -0.2) is 10.4 Å². The highest BCUT2D eigenvalue weighted by Crippen LogP contribution is 2.26. The zero-order valence-electron chi connectivity index (χ0n) is 15.0. The summed E-state index contributed by atoms with van der Waals surface area (Å²) >= 11 is 1.46. The number of aromatic nitrogens is 2. The van der Waals surface area contributed by atoms with Gasteiger partial charge in [0.05, 0.1) is 25.0 Å². The lowest BCUT2D eigenvalue weighted by Crippen LogP contribution is -2.30. The summed E-state index contributed by atoms with van der Waals surface area (Å²) in [5.41, 5.74) is 3.65. The van der Waals surface area contributed by atoms with E-state index in [1.807, 2.05) is 13.8 Å². The first-order valence-corrected chi connectivity index (χ1v) is 8.86. The zero-order chi connectivity index (χ0) is 19.6. The summed E-state index contributed by atoms with van der Waals surface area (Å²) < 4.78 is 6.27. The molecule has 0 radical (unpaired) electrons. The molecule has 1 amide bonds. The van der Waals surface area contributed by atoms with E-state index in [1.165, 1.54) is 41.6 Å². The van der Waals surface area contributed by atoms with Crippen molar-refractivity contribution in [1.82, 2.24) is 15.0 Å². The quantitative estimate of drug-likeness (QED) is 0.515. The Hall–Kier alpha value is -3.20. The second-order valence-corrected chi connectivity index (χ2v) is 7.07. The van der Waals surface area contributed by atoms with Crippen LogP contribution >= 0.6 is 11.3 Å². The van der Waals surface area contributed by atoms with Crippen molar-refractivity contribution in [3.05, 3.63) is 50.9 Å². The number of nitrogens with one attached hydrogen (secondary N) is 1. The molecule has 1 aromatic carbocycles. The molecule has 0 aliphatic carbocycles. The van der Waals surface area contributed by atoms with Gasteiger partial charge in [0, 0.05) is 4.88 Å². The Balaban J connectivity index is 1.71. The van der Waals surface area contributed by atoms with Crippen molar-refractivity contribution in [2.45, 2.75) is 20.4 Å². The van der Waals surface area contributed by atoms with E-state index in [1.54, 1.807) is 12.1 Å². The molecule has 0 saturated carbocycles.